The summed E-state index contributed by atoms with van der Waals surface area (Å²) in [4.78, 5) is 22.2. The molecule has 0 amide bonds. The summed E-state index contributed by atoms with van der Waals surface area (Å²) >= 11 is 0. The van der Waals surface area contributed by atoms with Crippen molar-refractivity contribution in [3.8, 4) is 11.3 Å². The zero-order chi connectivity index (χ0) is 15.9. The van der Waals surface area contributed by atoms with Crippen molar-refractivity contribution in [2.45, 2.75) is 13.3 Å². The summed E-state index contributed by atoms with van der Waals surface area (Å²) in [5, 5.41) is 8.95. The Balaban J connectivity index is 2.21. The van der Waals surface area contributed by atoms with E-state index in [2.05, 4.69) is 0 Å². The van der Waals surface area contributed by atoms with Crippen LogP contribution >= 0.6 is 0 Å². The first-order valence-electron chi connectivity index (χ1n) is 6.85. The second kappa shape index (κ2) is 7.26. The molecular formula is C17H16O5. The standard InChI is InChI=1S/C17H16O5/c1-2-21-17(20)10-8-13-7-9-15(22-13)14-6-4-3-5-12(14)11-16(18)19/h3-10H,2,11H2,1H3,(H,18,19)/b10-8+. The van der Waals surface area contributed by atoms with Crippen molar-refractivity contribution in [3.05, 3.63) is 53.8 Å². The molecule has 5 heteroatoms. The number of furan rings is 1. The minimum Gasteiger partial charge on any atom is -0.481 e. The van der Waals surface area contributed by atoms with E-state index in [4.69, 9.17) is 14.3 Å². The maximum absolute atomic E-state index is 11.3. The summed E-state index contributed by atoms with van der Waals surface area (Å²) in [6, 6.07) is 10.6. The van der Waals surface area contributed by atoms with Crippen LogP contribution in [0.15, 0.2) is 46.9 Å². The molecule has 0 saturated carbocycles. The van der Waals surface area contributed by atoms with Gasteiger partial charge in [0.15, 0.2) is 0 Å². The van der Waals surface area contributed by atoms with Crippen molar-refractivity contribution in [1.29, 1.82) is 0 Å². The third-order valence-corrected chi connectivity index (χ3v) is 2.92. The molecule has 0 unspecified atom stereocenters. The predicted octanol–water partition coefficient (Wildman–Crippen LogP) is 3.15. The highest BCUT2D eigenvalue weighted by molar-refractivity contribution is 5.86. The Bertz CT molecular complexity index is 697. The van der Waals surface area contributed by atoms with Crippen LogP contribution in [0.2, 0.25) is 0 Å². The molecule has 0 spiro atoms. The van der Waals surface area contributed by atoms with E-state index in [1.165, 1.54) is 12.2 Å². The lowest BCUT2D eigenvalue weighted by molar-refractivity contribution is -0.137. The number of rotatable bonds is 6. The Hall–Kier alpha value is -2.82. The highest BCUT2D eigenvalue weighted by Gasteiger charge is 2.11. The second-order valence-corrected chi connectivity index (χ2v) is 4.52. The first-order valence-corrected chi connectivity index (χ1v) is 6.85. The summed E-state index contributed by atoms with van der Waals surface area (Å²) in [6.07, 6.45) is 2.72. The molecule has 114 valence electrons. The number of ether oxygens (including phenoxy) is 1. The molecule has 1 aromatic heterocycles. The number of carboxylic acid groups (broad SMARTS) is 1. The number of carbonyl (C=O) groups is 2. The maximum Gasteiger partial charge on any atom is 0.330 e. The van der Waals surface area contributed by atoms with E-state index in [9.17, 15) is 9.59 Å². The Labute approximate surface area is 127 Å². The van der Waals surface area contributed by atoms with E-state index in [0.29, 0.717) is 23.7 Å². The van der Waals surface area contributed by atoms with E-state index >= 15 is 0 Å². The predicted molar refractivity (Wildman–Crippen MR) is 81.2 cm³/mol. The van der Waals surface area contributed by atoms with Gasteiger partial charge in [-0.15, -0.1) is 0 Å². The third-order valence-electron chi connectivity index (χ3n) is 2.92. The molecule has 0 aliphatic rings. The summed E-state index contributed by atoms with van der Waals surface area (Å²) in [6.45, 7) is 2.05. The third kappa shape index (κ3) is 4.09. The number of aliphatic carboxylic acids is 1. The molecule has 0 saturated heterocycles. The minimum atomic E-state index is -0.901. The second-order valence-electron chi connectivity index (χ2n) is 4.52. The fourth-order valence-electron chi connectivity index (χ4n) is 2.01. The minimum absolute atomic E-state index is 0.0785. The monoisotopic (exact) mass is 300 g/mol. The van der Waals surface area contributed by atoms with Gasteiger partial charge in [0, 0.05) is 11.6 Å². The van der Waals surface area contributed by atoms with Crippen molar-refractivity contribution in [3.63, 3.8) is 0 Å². The van der Waals surface area contributed by atoms with Gasteiger partial charge in [0.05, 0.1) is 13.0 Å². The van der Waals surface area contributed by atoms with Gasteiger partial charge >= 0.3 is 11.9 Å². The zero-order valence-corrected chi connectivity index (χ0v) is 12.1. The normalized spacial score (nSPS) is 10.8. The fourth-order valence-corrected chi connectivity index (χ4v) is 2.01. The smallest absolute Gasteiger partial charge is 0.330 e. The molecule has 0 bridgehead atoms. The summed E-state index contributed by atoms with van der Waals surface area (Å²) < 4.78 is 10.4. The van der Waals surface area contributed by atoms with Gasteiger partial charge in [-0.1, -0.05) is 24.3 Å². The van der Waals surface area contributed by atoms with Crippen LogP contribution in [0.25, 0.3) is 17.4 Å². The highest BCUT2D eigenvalue weighted by Crippen LogP contribution is 2.26. The fraction of sp³-hybridized carbons (Fsp3) is 0.176. The van der Waals surface area contributed by atoms with Gasteiger partial charge in [-0.05, 0) is 30.7 Å². The number of carbonyl (C=O) groups excluding carboxylic acids is 1. The Morgan fingerprint density at radius 2 is 2.00 bits per heavy atom. The van der Waals surface area contributed by atoms with Crippen LogP contribution < -0.4 is 0 Å². The van der Waals surface area contributed by atoms with Crippen LogP contribution in [-0.4, -0.2) is 23.7 Å². The van der Waals surface area contributed by atoms with Crippen LogP contribution in [0.5, 0.6) is 0 Å². The number of hydrogen-bond donors (Lipinski definition) is 1. The number of esters is 1. The van der Waals surface area contributed by atoms with Crippen LogP contribution in [0.1, 0.15) is 18.2 Å². The van der Waals surface area contributed by atoms with Crippen molar-refractivity contribution >= 4 is 18.0 Å². The molecule has 0 aliphatic heterocycles. The SMILES string of the molecule is CCOC(=O)/C=C/c1ccc(-c2ccccc2CC(=O)O)o1. The average molecular weight is 300 g/mol. The quantitative estimate of drug-likeness (QED) is 0.655. The van der Waals surface area contributed by atoms with Gasteiger partial charge < -0.3 is 14.3 Å². The van der Waals surface area contributed by atoms with E-state index in [0.717, 1.165) is 5.56 Å². The molecular weight excluding hydrogens is 284 g/mol. The van der Waals surface area contributed by atoms with Gasteiger partial charge in [0.2, 0.25) is 0 Å². The van der Waals surface area contributed by atoms with Crippen LogP contribution in [0, 0.1) is 0 Å². The molecule has 2 aromatic rings. The Morgan fingerprint density at radius 1 is 1.23 bits per heavy atom. The van der Waals surface area contributed by atoms with Gasteiger partial charge in [0.25, 0.3) is 0 Å². The first-order chi connectivity index (χ1) is 10.6. The lowest BCUT2D eigenvalue weighted by Crippen LogP contribution is -2.01. The largest absolute Gasteiger partial charge is 0.481 e. The van der Waals surface area contributed by atoms with Crippen LogP contribution in [-0.2, 0) is 20.7 Å². The number of hydrogen-bond acceptors (Lipinski definition) is 4. The first kappa shape index (κ1) is 15.6. The Kier molecular flexibility index (Phi) is 5.14. The molecule has 0 atom stereocenters. The summed E-state index contributed by atoms with van der Waals surface area (Å²) in [5.74, 6) is -0.290. The van der Waals surface area contributed by atoms with E-state index in [1.807, 2.05) is 6.07 Å². The van der Waals surface area contributed by atoms with Crippen LogP contribution in [0.3, 0.4) is 0 Å². The topological polar surface area (TPSA) is 76.7 Å². The van der Waals surface area contributed by atoms with E-state index in [-0.39, 0.29) is 6.42 Å². The summed E-state index contributed by atoms with van der Waals surface area (Å²) in [7, 11) is 0. The van der Waals surface area contributed by atoms with E-state index < -0.39 is 11.9 Å². The number of carboxylic acids is 1. The molecule has 1 heterocycles. The molecule has 2 rings (SSSR count). The molecule has 1 aromatic carbocycles. The van der Waals surface area contributed by atoms with Gasteiger partial charge in [-0.2, -0.15) is 0 Å². The molecule has 5 nitrogen and oxygen atoms in total. The van der Waals surface area contributed by atoms with Crippen molar-refractivity contribution in [2.24, 2.45) is 0 Å². The van der Waals surface area contributed by atoms with E-state index in [1.54, 1.807) is 37.3 Å². The lowest BCUT2D eigenvalue weighted by atomic mass is 10.0. The highest BCUT2D eigenvalue weighted by atomic mass is 16.5. The molecule has 22 heavy (non-hydrogen) atoms. The van der Waals surface area contributed by atoms with Crippen molar-refractivity contribution in [1.82, 2.24) is 0 Å². The van der Waals surface area contributed by atoms with Gasteiger partial charge in [-0.25, -0.2) is 4.79 Å². The molecule has 1 N–H and O–H groups in total. The van der Waals surface area contributed by atoms with Gasteiger partial charge in [0.1, 0.15) is 11.5 Å². The van der Waals surface area contributed by atoms with Crippen molar-refractivity contribution in [2.75, 3.05) is 6.61 Å². The average Bonchev–Trinajstić information content (AvgIpc) is 2.94. The Morgan fingerprint density at radius 3 is 2.73 bits per heavy atom. The summed E-state index contributed by atoms with van der Waals surface area (Å²) in [5.41, 5.74) is 1.39. The number of benzene rings is 1. The molecule has 0 aliphatic carbocycles. The lowest BCUT2D eigenvalue weighted by Gasteiger charge is -2.04. The maximum atomic E-state index is 11.3. The van der Waals surface area contributed by atoms with Gasteiger partial charge in [-0.3, -0.25) is 4.79 Å². The van der Waals surface area contributed by atoms with Crippen molar-refractivity contribution < 1.29 is 23.8 Å². The van der Waals surface area contributed by atoms with Crippen LogP contribution in [0.4, 0.5) is 0 Å². The molecule has 0 fully saturated rings. The zero-order valence-electron chi connectivity index (χ0n) is 12.1. The molecule has 0 radical (unpaired) electrons.